The molecule has 2 atom stereocenters. The van der Waals surface area contributed by atoms with Crippen molar-refractivity contribution in [3.8, 4) is 0 Å². The normalized spacial score (nSPS) is 23.7. The van der Waals surface area contributed by atoms with Gasteiger partial charge in [0.05, 0.1) is 17.4 Å². The average molecular weight is 394 g/mol. The van der Waals surface area contributed by atoms with E-state index in [1.54, 1.807) is 11.8 Å². The summed E-state index contributed by atoms with van der Waals surface area (Å²) in [5, 5.41) is 0. The molecule has 2 heterocycles. The third-order valence-corrected chi connectivity index (χ3v) is 6.91. The minimum atomic E-state index is -3.15. The third kappa shape index (κ3) is 5.29. The Morgan fingerprint density at radius 3 is 2.41 bits per heavy atom. The van der Waals surface area contributed by atoms with Gasteiger partial charge in [-0.3, -0.25) is 14.5 Å². The third-order valence-electron chi connectivity index (χ3n) is 5.14. The fourth-order valence-corrected chi connectivity index (χ4v) is 5.25. The quantitative estimate of drug-likeness (QED) is 0.684. The Morgan fingerprint density at radius 1 is 1.15 bits per heavy atom. The van der Waals surface area contributed by atoms with E-state index in [2.05, 4.69) is 17.0 Å². The topological polar surface area (TPSA) is 84.0 Å². The highest BCUT2D eigenvalue weighted by molar-refractivity contribution is 7.91. The van der Waals surface area contributed by atoms with Crippen LogP contribution < -0.4 is 0 Å². The predicted octanol–water partition coefficient (Wildman–Crippen LogP) is 0.697. The van der Waals surface area contributed by atoms with Crippen molar-refractivity contribution in [1.82, 2.24) is 9.80 Å². The highest BCUT2D eigenvalue weighted by Crippen LogP contribution is 2.20. The van der Waals surface area contributed by atoms with Crippen LogP contribution in [0.4, 0.5) is 0 Å². The second-order valence-electron chi connectivity index (χ2n) is 7.27. The van der Waals surface area contributed by atoms with Gasteiger partial charge in [-0.25, -0.2) is 8.42 Å². The van der Waals surface area contributed by atoms with Crippen LogP contribution in [-0.2, 0) is 30.7 Å². The standard InChI is InChI=1S/C19H26N2O5S/c1-15(26-19(23)17-7-12-27(24,25)14-17)18(22)21-10-8-20(9-11-21)13-16-5-3-2-4-6-16/h2-6,15,17H,7-14H2,1H3. The fourth-order valence-electron chi connectivity index (χ4n) is 3.53. The van der Waals surface area contributed by atoms with E-state index in [-0.39, 0.29) is 23.8 Å². The van der Waals surface area contributed by atoms with Crippen LogP contribution in [0.15, 0.2) is 30.3 Å². The molecule has 2 unspecified atom stereocenters. The Labute approximate surface area is 160 Å². The van der Waals surface area contributed by atoms with Gasteiger partial charge in [-0.1, -0.05) is 30.3 Å². The summed E-state index contributed by atoms with van der Waals surface area (Å²) in [6, 6.07) is 10.2. The van der Waals surface area contributed by atoms with Crippen molar-refractivity contribution >= 4 is 21.7 Å². The molecule has 27 heavy (non-hydrogen) atoms. The molecule has 1 aromatic rings. The lowest BCUT2D eigenvalue weighted by Crippen LogP contribution is -2.51. The first kappa shape index (κ1) is 19.8. The molecule has 1 aromatic carbocycles. The minimum Gasteiger partial charge on any atom is -0.452 e. The van der Waals surface area contributed by atoms with Crippen molar-refractivity contribution in [3.05, 3.63) is 35.9 Å². The molecule has 2 saturated heterocycles. The zero-order chi connectivity index (χ0) is 19.4. The van der Waals surface area contributed by atoms with Crippen LogP contribution in [0.25, 0.3) is 0 Å². The number of ether oxygens (including phenoxy) is 1. The number of nitrogens with zero attached hydrogens (tertiary/aromatic N) is 2. The number of rotatable bonds is 5. The van der Waals surface area contributed by atoms with Crippen molar-refractivity contribution in [2.75, 3.05) is 37.7 Å². The van der Waals surface area contributed by atoms with Crippen molar-refractivity contribution < 1.29 is 22.7 Å². The molecule has 7 nitrogen and oxygen atoms in total. The first-order chi connectivity index (χ1) is 12.8. The number of carbonyl (C=O) groups excluding carboxylic acids is 2. The van der Waals surface area contributed by atoms with E-state index in [0.717, 1.165) is 19.6 Å². The lowest BCUT2D eigenvalue weighted by atomic mass is 10.1. The summed E-state index contributed by atoms with van der Waals surface area (Å²) in [6.07, 6.45) is -0.610. The maximum Gasteiger partial charge on any atom is 0.310 e. The van der Waals surface area contributed by atoms with Crippen LogP contribution in [0.3, 0.4) is 0 Å². The van der Waals surface area contributed by atoms with E-state index in [0.29, 0.717) is 13.1 Å². The number of amides is 1. The van der Waals surface area contributed by atoms with Crippen LogP contribution in [0.2, 0.25) is 0 Å². The van der Waals surface area contributed by atoms with Gasteiger partial charge in [0, 0.05) is 32.7 Å². The summed E-state index contributed by atoms with van der Waals surface area (Å²) in [6.45, 7) is 5.12. The predicted molar refractivity (Wildman–Crippen MR) is 101 cm³/mol. The van der Waals surface area contributed by atoms with Gasteiger partial charge < -0.3 is 9.64 Å². The van der Waals surface area contributed by atoms with Gasteiger partial charge in [-0.05, 0) is 18.9 Å². The molecule has 0 spiro atoms. The molecule has 0 aliphatic carbocycles. The Kier molecular flexibility index (Phi) is 6.16. The summed E-state index contributed by atoms with van der Waals surface area (Å²) in [5.74, 6) is -1.61. The molecule has 3 rings (SSSR count). The minimum absolute atomic E-state index is 0.0124. The molecule has 2 fully saturated rings. The lowest BCUT2D eigenvalue weighted by molar-refractivity contribution is -0.162. The molecule has 8 heteroatoms. The molecular formula is C19H26N2O5S. The van der Waals surface area contributed by atoms with Gasteiger partial charge in [0.1, 0.15) is 0 Å². The van der Waals surface area contributed by atoms with Gasteiger partial charge in [0.2, 0.25) is 0 Å². The smallest absolute Gasteiger partial charge is 0.310 e. The van der Waals surface area contributed by atoms with Gasteiger partial charge in [0.15, 0.2) is 15.9 Å². The number of carbonyl (C=O) groups is 2. The van der Waals surface area contributed by atoms with E-state index in [1.807, 2.05) is 18.2 Å². The van der Waals surface area contributed by atoms with E-state index in [1.165, 1.54) is 5.56 Å². The van der Waals surface area contributed by atoms with Crippen LogP contribution in [0, 0.1) is 5.92 Å². The lowest BCUT2D eigenvalue weighted by Gasteiger charge is -2.35. The van der Waals surface area contributed by atoms with E-state index < -0.39 is 27.8 Å². The second-order valence-corrected chi connectivity index (χ2v) is 9.49. The van der Waals surface area contributed by atoms with E-state index >= 15 is 0 Å². The maximum atomic E-state index is 12.6. The molecule has 2 aliphatic heterocycles. The van der Waals surface area contributed by atoms with Crippen molar-refractivity contribution in [2.45, 2.75) is 26.0 Å². The number of esters is 1. The first-order valence-electron chi connectivity index (χ1n) is 9.30. The van der Waals surface area contributed by atoms with Crippen LogP contribution >= 0.6 is 0 Å². The Bertz CT molecular complexity index is 773. The number of benzene rings is 1. The highest BCUT2D eigenvalue weighted by Gasteiger charge is 2.36. The largest absolute Gasteiger partial charge is 0.452 e. The molecule has 2 aliphatic rings. The molecule has 0 aromatic heterocycles. The maximum absolute atomic E-state index is 12.6. The average Bonchev–Trinajstić information content (AvgIpc) is 3.02. The molecule has 0 saturated carbocycles. The van der Waals surface area contributed by atoms with E-state index in [9.17, 15) is 18.0 Å². The zero-order valence-corrected chi connectivity index (χ0v) is 16.4. The van der Waals surface area contributed by atoms with Crippen molar-refractivity contribution in [2.24, 2.45) is 5.92 Å². The van der Waals surface area contributed by atoms with Gasteiger partial charge in [-0.15, -0.1) is 0 Å². The molecular weight excluding hydrogens is 368 g/mol. The van der Waals surface area contributed by atoms with Crippen molar-refractivity contribution in [3.63, 3.8) is 0 Å². The summed E-state index contributed by atoms with van der Waals surface area (Å²) in [5.41, 5.74) is 1.24. The Hall–Kier alpha value is -1.93. The Morgan fingerprint density at radius 2 is 1.81 bits per heavy atom. The number of hydrogen-bond donors (Lipinski definition) is 0. The first-order valence-corrected chi connectivity index (χ1v) is 11.1. The summed E-state index contributed by atoms with van der Waals surface area (Å²) >= 11 is 0. The van der Waals surface area contributed by atoms with E-state index in [4.69, 9.17) is 4.74 Å². The molecule has 148 valence electrons. The summed E-state index contributed by atoms with van der Waals surface area (Å²) in [4.78, 5) is 28.7. The number of hydrogen-bond acceptors (Lipinski definition) is 6. The highest BCUT2D eigenvalue weighted by atomic mass is 32.2. The molecule has 0 bridgehead atoms. The van der Waals surface area contributed by atoms with Gasteiger partial charge in [-0.2, -0.15) is 0 Å². The van der Waals surface area contributed by atoms with Crippen LogP contribution in [0.1, 0.15) is 18.9 Å². The SMILES string of the molecule is CC(OC(=O)C1CCS(=O)(=O)C1)C(=O)N1CCN(Cc2ccccc2)CC1. The second kappa shape index (κ2) is 8.39. The fraction of sp³-hybridized carbons (Fsp3) is 0.579. The summed E-state index contributed by atoms with van der Waals surface area (Å²) in [7, 11) is -3.15. The number of sulfone groups is 1. The van der Waals surface area contributed by atoms with Gasteiger partial charge in [0.25, 0.3) is 5.91 Å². The van der Waals surface area contributed by atoms with Crippen LogP contribution in [0.5, 0.6) is 0 Å². The number of piperazine rings is 1. The molecule has 0 N–H and O–H groups in total. The monoisotopic (exact) mass is 394 g/mol. The van der Waals surface area contributed by atoms with Crippen molar-refractivity contribution in [1.29, 1.82) is 0 Å². The molecule has 0 radical (unpaired) electrons. The van der Waals surface area contributed by atoms with Gasteiger partial charge >= 0.3 is 5.97 Å². The zero-order valence-electron chi connectivity index (χ0n) is 15.5. The van der Waals surface area contributed by atoms with Crippen LogP contribution in [-0.4, -0.2) is 73.9 Å². The molecule has 1 amide bonds. The Balaban J connectivity index is 1.45. The summed E-state index contributed by atoms with van der Waals surface area (Å²) < 4.78 is 28.2.